The van der Waals surface area contributed by atoms with Crippen LogP contribution in [0.4, 0.5) is 11.5 Å². The van der Waals surface area contributed by atoms with Gasteiger partial charge in [-0.1, -0.05) is 12.1 Å². The summed E-state index contributed by atoms with van der Waals surface area (Å²) in [6, 6.07) is 9.35. The second-order valence-electron chi connectivity index (χ2n) is 4.98. The predicted molar refractivity (Wildman–Crippen MR) is 82.6 cm³/mol. The van der Waals surface area contributed by atoms with E-state index in [-0.39, 0.29) is 6.54 Å². The maximum Gasteiger partial charge on any atom is 0.237 e. The van der Waals surface area contributed by atoms with Crippen molar-refractivity contribution in [2.75, 3.05) is 17.2 Å². The molecule has 0 spiro atoms. The smallest absolute Gasteiger partial charge is 0.237 e. The lowest BCUT2D eigenvalue weighted by Crippen LogP contribution is -2.34. The van der Waals surface area contributed by atoms with E-state index in [4.69, 9.17) is 11.5 Å². The highest BCUT2D eigenvalue weighted by molar-refractivity contribution is 5.79. The third kappa shape index (κ3) is 4.17. The highest BCUT2D eigenvalue weighted by atomic mass is 16.1. The monoisotopic (exact) mass is 285 g/mol. The topological polar surface area (TPSA) is 98.1 Å². The van der Waals surface area contributed by atoms with E-state index < -0.39 is 5.91 Å². The van der Waals surface area contributed by atoms with Crippen LogP contribution in [-0.2, 0) is 11.3 Å². The van der Waals surface area contributed by atoms with E-state index in [1.807, 2.05) is 49.1 Å². The Morgan fingerprint density at radius 3 is 2.62 bits per heavy atom. The molecule has 1 heterocycles. The zero-order valence-corrected chi connectivity index (χ0v) is 12.2. The summed E-state index contributed by atoms with van der Waals surface area (Å²) in [4.78, 5) is 21.8. The Hall–Kier alpha value is -2.63. The Kier molecular flexibility index (Phi) is 4.37. The highest BCUT2D eigenvalue weighted by Crippen LogP contribution is 2.17. The second-order valence-corrected chi connectivity index (χ2v) is 4.98. The van der Waals surface area contributed by atoms with Crippen molar-refractivity contribution in [1.82, 2.24) is 9.97 Å². The van der Waals surface area contributed by atoms with Crippen molar-refractivity contribution in [3.8, 4) is 0 Å². The van der Waals surface area contributed by atoms with Crippen LogP contribution < -0.4 is 16.4 Å². The summed E-state index contributed by atoms with van der Waals surface area (Å²) < 4.78 is 0. The van der Waals surface area contributed by atoms with E-state index in [1.165, 1.54) is 0 Å². The molecule has 2 rings (SSSR count). The number of hydrogen-bond donors (Lipinski definition) is 2. The summed E-state index contributed by atoms with van der Waals surface area (Å²) >= 11 is 0. The number of anilines is 2. The van der Waals surface area contributed by atoms with Crippen LogP contribution in [0.1, 0.15) is 17.1 Å². The fraction of sp³-hybridized carbons (Fsp3) is 0.267. The quantitative estimate of drug-likeness (QED) is 0.803. The van der Waals surface area contributed by atoms with Gasteiger partial charge in [0.25, 0.3) is 0 Å². The van der Waals surface area contributed by atoms with Crippen LogP contribution in [-0.4, -0.2) is 22.4 Å². The van der Waals surface area contributed by atoms with E-state index in [2.05, 4.69) is 9.97 Å². The first-order valence-electron chi connectivity index (χ1n) is 6.64. The summed E-state index contributed by atoms with van der Waals surface area (Å²) in [5, 5.41) is 0. The lowest BCUT2D eigenvalue weighted by molar-refractivity contribution is -0.116. The Labute approximate surface area is 123 Å². The molecule has 0 atom stereocenters. The molecule has 1 aromatic heterocycles. The molecule has 4 N–H and O–H groups in total. The number of aromatic nitrogens is 2. The first-order chi connectivity index (χ1) is 9.94. The maximum absolute atomic E-state index is 11.3. The molecular weight excluding hydrogens is 266 g/mol. The zero-order valence-electron chi connectivity index (χ0n) is 12.2. The Balaban J connectivity index is 2.31. The Morgan fingerprint density at radius 2 is 2.00 bits per heavy atom. The lowest BCUT2D eigenvalue weighted by Gasteiger charge is -2.23. The van der Waals surface area contributed by atoms with E-state index in [0.29, 0.717) is 23.9 Å². The molecule has 0 fully saturated rings. The van der Waals surface area contributed by atoms with Crippen LogP contribution in [0, 0.1) is 13.8 Å². The average molecular weight is 285 g/mol. The minimum Gasteiger partial charge on any atom is -0.399 e. The highest BCUT2D eigenvalue weighted by Gasteiger charge is 2.13. The zero-order chi connectivity index (χ0) is 15.4. The molecule has 0 bridgehead atoms. The van der Waals surface area contributed by atoms with E-state index >= 15 is 0 Å². The number of amides is 1. The van der Waals surface area contributed by atoms with Gasteiger partial charge in [0.15, 0.2) is 0 Å². The number of nitrogens with two attached hydrogens (primary N) is 2. The van der Waals surface area contributed by atoms with Crippen molar-refractivity contribution < 1.29 is 4.79 Å². The number of rotatable bonds is 5. The molecule has 6 nitrogen and oxygen atoms in total. The number of nitrogen functional groups attached to an aromatic ring is 1. The number of carbonyl (C=O) groups is 1. The summed E-state index contributed by atoms with van der Waals surface area (Å²) in [7, 11) is 0. The van der Waals surface area contributed by atoms with E-state index in [1.54, 1.807) is 0 Å². The normalized spacial score (nSPS) is 10.4. The molecule has 6 heteroatoms. The van der Waals surface area contributed by atoms with Gasteiger partial charge in [-0.2, -0.15) is 0 Å². The SMILES string of the molecule is Cc1cc(N(CC(N)=O)Cc2cccc(N)c2)nc(C)n1. The number of aryl methyl sites for hydroxylation is 2. The second kappa shape index (κ2) is 6.21. The summed E-state index contributed by atoms with van der Waals surface area (Å²) in [5.74, 6) is 0.932. The molecular formula is C15H19N5O. The van der Waals surface area contributed by atoms with Crippen LogP contribution in [0.25, 0.3) is 0 Å². The van der Waals surface area contributed by atoms with Crippen LogP contribution in [0.2, 0.25) is 0 Å². The maximum atomic E-state index is 11.3. The molecule has 0 radical (unpaired) electrons. The number of hydrogen-bond acceptors (Lipinski definition) is 5. The molecule has 0 aliphatic heterocycles. The van der Waals surface area contributed by atoms with Crippen molar-refractivity contribution in [1.29, 1.82) is 0 Å². The van der Waals surface area contributed by atoms with Crippen LogP contribution in [0.3, 0.4) is 0 Å². The standard InChI is InChI=1S/C15H19N5O/c1-10-6-15(19-11(2)18-10)20(9-14(17)21)8-12-4-3-5-13(16)7-12/h3-7H,8-9,16H2,1-2H3,(H2,17,21). The summed E-state index contributed by atoms with van der Waals surface area (Å²) in [6.07, 6.45) is 0. The minimum absolute atomic E-state index is 0.0880. The number of benzene rings is 1. The molecule has 21 heavy (non-hydrogen) atoms. The van der Waals surface area contributed by atoms with Gasteiger partial charge in [-0.05, 0) is 31.5 Å². The predicted octanol–water partition coefficient (Wildman–Crippen LogP) is 1.17. The Morgan fingerprint density at radius 1 is 1.24 bits per heavy atom. The molecule has 1 aromatic carbocycles. The third-order valence-electron chi connectivity index (χ3n) is 2.95. The molecule has 0 aliphatic rings. The number of carbonyl (C=O) groups excluding carboxylic acids is 1. The first-order valence-corrected chi connectivity index (χ1v) is 6.64. The van der Waals surface area contributed by atoms with Crippen LogP contribution in [0.15, 0.2) is 30.3 Å². The largest absolute Gasteiger partial charge is 0.399 e. The van der Waals surface area contributed by atoms with Gasteiger partial charge in [0, 0.05) is 24.0 Å². The van der Waals surface area contributed by atoms with E-state index in [0.717, 1.165) is 11.3 Å². The molecule has 0 aliphatic carbocycles. The van der Waals surface area contributed by atoms with Gasteiger partial charge in [0.1, 0.15) is 11.6 Å². The van der Waals surface area contributed by atoms with Crippen molar-refractivity contribution in [2.45, 2.75) is 20.4 Å². The van der Waals surface area contributed by atoms with Gasteiger partial charge in [-0.25, -0.2) is 9.97 Å². The van der Waals surface area contributed by atoms with E-state index in [9.17, 15) is 4.79 Å². The van der Waals surface area contributed by atoms with Gasteiger partial charge in [-0.15, -0.1) is 0 Å². The first kappa shape index (κ1) is 14.8. The van der Waals surface area contributed by atoms with Gasteiger partial charge in [0.2, 0.25) is 5.91 Å². The molecule has 0 saturated carbocycles. The van der Waals surface area contributed by atoms with Gasteiger partial charge < -0.3 is 16.4 Å². The molecule has 1 amide bonds. The summed E-state index contributed by atoms with van der Waals surface area (Å²) in [5.41, 5.74) is 13.6. The van der Waals surface area contributed by atoms with Crippen molar-refractivity contribution >= 4 is 17.4 Å². The van der Waals surface area contributed by atoms with Crippen LogP contribution in [0.5, 0.6) is 0 Å². The van der Waals surface area contributed by atoms with Crippen molar-refractivity contribution in [2.24, 2.45) is 5.73 Å². The number of nitrogens with zero attached hydrogens (tertiary/aromatic N) is 3. The van der Waals surface area contributed by atoms with Crippen molar-refractivity contribution in [3.63, 3.8) is 0 Å². The lowest BCUT2D eigenvalue weighted by atomic mass is 10.2. The van der Waals surface area contributed by atoms with Gasteiger partial charge in [0.05, 0.1) is 6.54 Å². The fourth-order valence-corrected chi connectivity index (χ4v) is 2.18. The van der Waals surface area contributed by atoms with Crippen LogP contribution >= 0.6 is 0 Å². The molecule has 110 valence electrons. The summed E-state index contributed by atoms with van der Waals surface area (Å²) in [6.45, 7) is 4.30. The molecule has 0 unspecified atom stereocenters. The number of primary amides is 1. The molecule has 0 saturated heterocycles. The fourth-order valence-electron chi connectivity index (χ4n) is 2.18. The average Bonchev–Trinajstić information content (AvgIpc) is 2.36. The Bertz CT molecular complexity index is 636. The third-order valence-corrected chi connectivity index (χ3v) is 2.95. The van der Waals surface area contributed by atoms with Crippen molar-refractivity contribution in [3.05, 3.63) is 47.4 Å². The van der Waals surface area contributed by atoms with Gasteiger partial charge >= 0.3 is 0 Å². The minimum atomic E-state index is -0.409. The van der Waals surface area contributed by atoms with Gasteiger partial charge in [-0.3, -0.25) is 4.79 Å². The molecule has 2 aromatic rings.